The molecule has 0 spiro atoms. The van der Waals surface area contributed by atoms with Gasteiger partial charge in [-0.2, -0.15) is 0 Å². The van der Waals surface area contributed by atoms with E-state index in [0.29, 0.717) is 22.4 Å². The summed E-state index contributed by atoms with van der Waals surface area (Å²) in [4.78, 5) is 0.217. The van der Waals surface area contributed by atoms with Crippen LogP contribution in [0.5, 0.6) is 0 Å². The van der Waals surface area contributed by atoms with Crippen molar-refractivity contribution >= 4 is 27.5 Å². The molecule has 0 radical (unpaired) electrons. The lowest BCUT2D eigenvalue weighted by Gasteiger charge is -2.08. The van der Waals surface area contributed by atoms with Crippen LogP contribution in [0.1, 0.15) is 11.1 Å². The Morgan fingerprint density at radius 1 is 0.900 bits per heavy atom. The maximum Gasteiger partial charge on any atom is 0.277 e. The summed E-state index contributed by atoms with van der Waals surface area (Å²) in [6, 6.07) is 23.6. The number of benzene rings is 3. The molecule has 0 saturated carbocycles. The van der Waals surface area contributed by atoms with Gasteiger partial charge >= 0.3 is 0 Å². The van der Waals surface area contributed by atoms with Crippen molar-refractivity contribution in [3.05, 3.63) is 90.0 Å². The second kappa shape index (κ2) is 8.73. The zero-order valence-electron chi connectivity index (χ0n) is 16.1. The van der Waals surface area contributed by atoms with Gasteiger partial charge in [0.05, 0.1) is 4.90 Å². The molecule has 1 aromatic heterocycles. The lowest BCUT2D eigenvalue weighted by atomic mass is 10.2. The van der Waals surface area contributed by atoms with Gasteiger partial charge in [-0.05, 0) is 48.9 Å². The first-order valence-electron chi connectivity index (χ1n) is 9.20. The van der Waals surface area contributed by atoms with Crippen LogP contribution in [0.2, 0.25) is 0 Å². The average Bonchev–Trinajstić information content (AvgIpc) is 3.23. The maximum atomic E-state index is 12.5. The molecule has 0 unspecified atom stereocenters. The summed E-state index contributed by atoms with van der Waals surface area (Å²) in [7, 11) is -3.64. The maximum absolute atomic E-state index is 12.5. The van der Waals surface area contributed by atoms with Crippen molar-refractivity contribution in [2.45, 2.75) is 22.8 Å². The number of thioether (sulfide) groups is 1. The molecule has 4 rings (SSSR count). The van der Waals surface area contributed by atoms with Gasteiger partial charge in [-0.3, -0.25) is 4.72 Å². The van der Waals surface area contributed by atoms with E-state index >= 15 is 0 Å². The molecule has 0 saturated heterocycles. The molecule has 0 aliphatic rings. The smallest absolute Gasteiger partial charge is 0.277 e. The molecule has 0 bridgehead atoms. The molecule has 0 fully saturated rings. The number of sulfonamides is 1. The molecule has 4 aromatic rings. The van der Waals surface area contributed by atoms with Crippen LogP contribution in [-0.4, -0.2) is 18.6 Å². The van der Waals surface area contributed by atoms with Crippen LogP contribution in [0.25, 0.3) is 11.5 Å². The van der Waals surface area contributed by atoms with E-state index < -0.39 is 10.0 Å². The lowest BCUT2D eigenvalue weighted by Crippen LogP contribution is -2.12. The van der Waals surface area contributed by atoms with E-state index in [0.717, 1.165) is 11.3 Å². The minimum atomic E-state index is -3.64. The summed E-state index contributed by atoms with van der Waals surface area (Å²) in [5.41, 5.74) is 3.34. The molecular weight excluding hydrogens is 418 g/mol. The predicted molar refractivity (Wildman–Crippen MR) is 118 cm³/mol. The van der Waals surface area contributed by atoms with Gasteiger partial charge in [0.25, 0.3) is 15.2 Å². The van der Waals surface area contributed by atoms with Crippen LogP contribution in [0.4, 0.5) is 5.69 Å². The van der Waals surface area contributed by atoms with Crippen molar-refractivity contribution < 1.29 is 12.8 Å². The summed E-state index contributed by atoms with van der Waals surface area (Å²) in [5, 5.41) is 8.64. The number of aryl methyl sites for hydroxylation is 1. The number of rotatable bonds is 7. The summed E-state index contributed by atoms with van der Waals surface area (Å²) in [5.74, 6) is 1.13. The second-order valence-electron chi connectivity index (χ2n) is 6.64. The first-order valence-corrected chi connectivity index (χ1v) is 11.7. The minimum Gasteiger partial charge on any atom is -0.411 e. The molecule has 3 aromatic carbocycles. The molecule has 1 heterocycles. The van der Waals surface area contributed by atoms with Crippen LogP contribution in [0.15, 0.2) is 93.4 Å². The van der Waals surface area contributed by atoms with Gasteiger partial charge in [0.1, 0.15) is 0 Å². The molecule has 8 heteroatoms. The summed E-state index contributed by atoms with van der Waals surface area (Å²) in [6.07, 6.45) is 0. The van der Waals surface area contributed by atoms with E-state index in [-0.39, 0.29) is 4.90 Å². The van der Waals surface area contributed by atoms with Crippen LogP contribution in [-0.2, 0) is 15.8 Å². The van der Waals surface area contributed by atoms with E-state index in [1.165, 1.54) is 17.3 Å². The van der Waals surface area contributed by atoms with Crippen LogP contribution in [0.3, 0.4) is 0 Å². The Hall–Kier alpha value is -3.10. The zero-order chi connectivity index (χ0) is 21.0. The Kier molecular flexibility index (Phi) is 5.87. The highest BCUT2D eigenvalue weighted by atomic mass is 32.2. The highest BCUT2D eigenvalue weighted by molar-refractivity contribution is 7.98. The third kappa shape index (κ3) is 4.90. The normalized spacial score (nSPS) is 11.4. The fourth-order valence-electron chi connectivity index (χ4n) is 2.72. The van der Waals surface area contributed by atoms with Gasteiger partial charge in [0.15, 0.2) is 0 Å². The number of nitrogens with one attached hydrogen (secondary N) is 1. The van der Waals surface area contributed by atoms with Crippen LogP contribution in [0, 0.1) is 6.92 Å². The van der Waals surface area contributed by atoms with Crippen molar-refractivity contribution in [1.29, 1.82) is 0 Å². The van der Waals surface area contributed by atoms with Gasteiger partial charge in [-0.1, -0.05) is 59.8 Å². The first kappa shape index (κ1) is 20.2. The van der Waals surface area contributed by atoms with E-state index in [2.05, 4.69) is 14.9 Å². The number of hydrogen-bond donors (Lipinski definition) is 1. The topological polar surface area (TPSA) is 85.1 Å². The predicted octanol–water partition coefficient (Wildman–Crippen LogP) is 5.14. The van der Waals surface area contributed by atoms with E-state index in [9.17, 15) is 8.42 Å². The Labute approximate surface area is 179 Å². The summed E-state index contributed by atoms with van der Waals surface area (Å²) < 4.78 is 33.3. The van der Waals surface area contributed by atoms with Gasteiger partial charge in [-0.15, -0.1) is 10.2 Å². The number of anilines is 1. The zero-order valence-corrected chi connectivity index (χ0v) is 17.8. The third-order valence-corrected chi connectivity index (χ3v) is 6.61. The Morgan fingerprint density at radius 3 is 2.30 bits per heavy atom. The lowest BCUT2D eigenvalue weighted by molar-refractivity contribution is 0.466. The first-order chi connectivity index (χ1) is 14.5. The highest BCUT2D eigenvalue weighted by Gasteiger charge is 2.14. The van der Waals surface area contributed by atoms with Crippen molar-refractivity contribution in [3.8, 4) is 11.5 Å². The molecule has 0 atom stereocenters. The third-order valence-electron chi connectivity index (χ3n) is 4.33. The Morgan fingerprint density at radius 2 is 1.60 bits per heavy atom. The molecule has 152 valence electrons. The van der Waals surface area contributed by atoms with Crippen LogP contribution < -0.4 is 4.72 Å². The standard InChI is InChI=1S/C22H19N3O3S2/c1-16-7-13-20(14-8-16)30(26,27)25-19-11-9-18(10-12-19)21-23-24-22(28-21)29-15-17-5-3-2-4-6-17/h2-14,25H,15H2,1H3. The van der Waals surface area contributed by atoms with Gasteiger partial charge in [0.2, 0.25) is 5.89 Å². The number of aromatic nitrogens is 2. The number of nitrogens with zero attached hydrogens (tertiary/aromatic N) is 2. The largest absolute Gasteiger partial charge is 0.411 e. The van der Waals surface area contributed by atoms with Gasteiger partial charge in [-0.25, -0.2) is 8.42 Å². The quantitative estimate of drug-likeness (QED) is 0.403. The number of hydrogen-bond acceptors (Lipinski definition) is 6. The monoisotopic (exact) mass is 437 g/mol. The molecule has 0 aliphatic carbocycles. The summed E-state index contributed by atoms with van der Waals surface area (Å²) in [6.45, 7) is 1.91. The minimum absolute atomic E-state index is 0.217. The molecule has 1 N–H and O–H groups in total. The Bertz CT molecular complexity index is 1220. The molecule has 6 nitrogen and oxygen atoms in total. The molecule has 0 amide bonds. The van der Waals surface area contributed by atoms with Crippen LogP contribution >= 0.6 is 11.8 Å². The second-order valence-corrected chi connectivity index (χ2v) is 9.25. The summed E-state index contributed by atoms with van der Waals surface area (Å²) >= 11 is 1.47. The van der Waals surface area contributed by atoms with Gasteiger partial charge < -0.3 is 4.42 Å². The SMILES string of the molecule is Cc1ccc(S(=O)(=O)Nc2ccc(-c3nnc(SCc4ccccc4)o3)cc2)cc1. The van der Waals surface area contributed by atoms with Crippen molar-refractivity contribution in [2.24, 2.45) is 0 Å². The van der Waals surface area contributed by atoms with E-state index in [1.807, 2.05) is 37.3 Å². The fourth-order valence-corrected chi connectivity index (χ4v) is 4.49. The molecule has 0 aliphatic heterocycles. The average molecular weight is 438 g/mol. The molecule has 30 heavy (non-hydrogen) atoms. The van der Waals surface area contributed by atoms with Crippen molar-refractivity contribution in [3.63, 3.8) is 0 Å². The van der Waals surface area contributed by atoms with E-state index in [4.69, 9.17) is 4.42 Å². The van der Waals surface area contributed by atoms with Gasteiger partial charge in [0, 0.05) is 17.0 Å². The Balaban J connectivity index is 1.42. The fraction of sp³-hybridized carbons (Fsp3) is 0.0909. The van der Waals surface area contributed by atoms with Crippen molar-refractivity contribution in [2.75, 3.05) is 4.72 Å². The van der Waals surface area contributed by atoms with Crippen molar-refractivity contribution in [1.82, 2.24) is 10.2 Å². The molecular formula is C22H19N3O3S2. The van der Waals surface area contributed by atoms with E-state index in [1.54, 1.807) is 48.5 Å². The highest BCUT2D eigenvalue weighted by Crippen LogP contribution is 2.27.